The van der Waals surface area contributed by atoms with Gasteiger partial charge in [0, 0.05) is 6.54 Å². The number of ether oxygens (including phenoxy) is 2. The molecule has 3 nitrogen and oxygen atoms in total. The van der Waals surface area contributed by atoms with E-state index < -0.39 is 0 Å². The van der Waals surface area contributed by atoms with Gasteiger partial charge in [-0.1, -0.05) is 31.2 Å². The number of hydrogen-bond donors (Lipinski definition) is 1. The molecule has 2 aromatic carbocycles. The van der Waals surface area contributed by atoms with Gasteiger partial charge in [0.15, 0.2) is 11.5 Å². The number of rotatable bonds is 6. The summed E-state index contributed by atoms with van der Waals surface area (Å²) >= 11 is 0. The van der Waals surface area contributed by atoms with E-state index in [1.54, 1.807) is 0 Å². The summed E-state index contributed by atoms with van der Waals surface area (Å²) in [6.45, 7) is 8.48. The fourth-order valence-electron chi connectivity index (χ4n) is 3.34. The Hall–Kier alpha value is -2.00. The second kappa shape index (κ2) is 7.71. The lowest BCUT2D eigenvalue weighted by molar-refractivity contribution is 0.286. The fraction of sp³-hybridized carbons (Fsp3) is 0.429. The van der Waals surface area contributed by atoms with Gasteiger partial charge >= 0.3 is 0 Å². The van der Waals surface area contributed by atoms with E-state index in [9.17, 15) is 0 Å². The van der Waals surface area contributed by atoms with Crippen LogP contribution in [-0.2, 0) is 12.8 Å². The molecule has 3 rings (SSSR count). The van der Waals surface area contributed by atoms with E-state index in [2.05, 4.69) is 48.6 Å². The van der Waals surface area contributed by atoms with Crippen molar-refractivity contribution in [1.29, 1.82) is 0 Å². The molecule has 2 aromatic rings. The molecule has 0 fully saturated rings. The quantitative estimate of drug-likeness (QED) is 0.860. The minimum absolute atomic E-state index is 0.217. The Labute approximate surface area is 145 Å². The van der Waals surface area contributed by atoms with Crippen molar-refractivity contribution in [2.75, 3.05) is 19.8 Å². The summed E-state index contributed by atoms with van der Waals surface area (Å²) in [5.41, 5.74) is 5.33. The van der Waals surface area contributed by atoms with Crippen LogP contribution in [0.15, 0.2) is 36.4 Å². The summed E-state index contributed by atoms with van der Waals surface area (Å²) < 4.78 is 11.6. The summed E-state index contributed by atoms with van der Waals surface area (Å²) in [4.78, 5) is 0. The van der Waals surface area contributed by atoms with Gasteiger partial charge in [0.2, 0.25) is 0 Å². The molecule has 0 radical (unpaired) electrons. The third-order valence-corrected chi connectivity index (χ3v) is 4.58. The van der Waals surface area contributed by atoms with Crippen molar-refractivity contribution in [2.45, 2.75) is 39.7 Å². The zero-order valence-corrected chi connectivity index (χ0v) is 14.9. The Balaban J connectivity index is 2.00. The van der Waals surface area contributed by atoms with Crippen molar-refractivity contribution in [3.05, 3.63) is 58.7 Å². The molecule has 0 aliphatic carbocycles. The molecule has 1 aliphatic heterocycles. The van der Waals surface area contributed by atoms with Crippen molar-refractivity contribution in [2.24, 2.45) is 0 Å². The molecule has 3 heteroatoms. The van der Waals surface area contributed by atoms with Crippen LogP contribution in [0.3, 0.4) is 0 Å². The number of hydrogen-bond acceptors (Lipinski definition) is 3. The van der Waals surface area contributed by atoms with Crippen molar-refractivity contribution >= 4 is 0 Å². The number of fused-ring (bicyclic) bond motifs is 1. The van der Waals surface area contributed by atoms with Crippen LogP contribution in [-0.4, -0.2) is 19.8 Å². The monoisotopic (exact) mass is 325 g/mol. The molecule has 1 N–H and O–H groups in total. The molecule has 128 valence electrons. The Morgan fingerprint density at radius 1 is 0.958 bits per heavy atom. The maximum absolute atomic E-state index is 5.82. The molecule has 1 aliphatic rings. The van der Waals surface area contributed by atoms with Gasteiger partial charge in [-0.15, -0.1) is 0 Å². The molecule has 0 bridgehead atoms. The third-order valence-electron chi connectivity index (χ3n) is 4.58. The van der Waals surface area contributed by atoms with Crippen molar-refractivity contribution in [3.63, 3.8) is 0 Å². The first-order valence-electron chi connectivity index (χ1n) is 9.01. The topological polar surface area (TPSA) is 30.5 Å². The van der Waals surface area contributed by atoms with Gasteiger partial charge in [-0.2, -0.15) is 0 Å². The van der Waals surface area contributed by atoms with E-state index in [1.165, 1.54) is 22.3 Å². The van der Waals surface area contributed by atoms with Crippen molar-refractivity contribution in [1.82, 2.24) is 5.32 Å². The molecule has 0 unspecified atom stereocenters. The molecule has 0 aromatic heterocycles. The van der Waals surface area contributed by atoms with Gasteiger partial charge in [-0.25, -0.2) is 0 Å². The minimum atomic E-state index is 0.217. The highest BCUT2D eigenvalue weighted by molar-refractivity contribution is 5.51. The second-order valence-corrected chi connectivity index (χ2v) is 6.10. The summed E-state index contributed by atoms with van der Waals surface area (Å²) in [7, 11) is 0. The van der Waals surface area contributed by atoms with Crippen LogP contribution in [0, 0.1) is 0 Å². The molecule has 0 amide bonds. The predicted molar refractivity (Wildman–Crippen MR) is 98.1 cm³/mol. The normalized spacial score (nSPS) is 16.5. The first-order chi connectivity index (χ1) is 11.8. The smallest absolute Gasteiger partial charge is 0.161 e. The highest BCUT2D eigenvalue weighted by Crippen LogP contribution is 2.37. The van der Waals surface area contributed by atoms with Crippen LogP contribution in [0.1, 0.15) is 49.1 Å². The standard InChI is InChI=1S/C21H27NO2/c1-4-15-7-9-16(10-8-15)21-18-14-20(24-6-3)19(23-5-2)13-17(18)11-12-22-21/h7-10,13-14,21-22H,4-6,11-12H2,1-3H3/t21-/m1/s1. The highest BCUT2D eigenvalue weighted by Gasteiger charge is 2.24. The van der Waals surface area contributed by atoms with E-state index in [1.807, 2.05) is 13.8 Å². The number of nitrogens with one attached hydrogen (secondary N) is 1. The SMILES string of the molecule is CCOc1cc2c(cc1OCC)[C@@H](c1ccc(CC)cc1)NCC2. The van der Waals surface area contributed by atoms with Crippen LogP contribution >= 0.6 is 0 Å². The van der Waals surface area contributed by atoms with E-state index in [0.717, 1.165) is 30.9 Å². The van der Waals surface area contributed by atoms with E-state index in [0.29, 0.717) is 13.2 Å². The van der Waals surface area contributed by atoms with Gasteiger partial charge in [-0.05, 0) is 61.1 Å². The lowest BCUT2D eigenvalue weighted by Gasteiger charge is -2.29. The molecular weight excluding hydrogens is 298 g/mol. The molecule has 0 saturated heterocycles. The Kier molecular flexibility index (Phi) is 5.41. The number of aryl methyl sites for hydroxylation is 1. The van der Waals surface area contributed by atoms with Crippen LogP contribution in [0.2, 0.25) is 0 Å². The Morgan fingerprint density at radius 3 is 2.25 bits per heavy atom. The van der Waals surface area contributed by atoms with Gasteiger partial charge < -0.3 is 14.8 Å². The summed E-state index contributed by atoms with van der Waals surface area (Å²) in [5.74, 6) is 1.71. The fourth-order valence-corrected chi connectivity index (χ4v) is 3.34. The van der Waals surface area contributed by atoms with Crippen LogP contribution in [0.25, 0.3) is 0 Å². The van der Waals surface area contributed by atoms with Gasteiger partial charge in [0.05, 0.1) is 19.3 Å². The zero-order chi connectivity index (χ0) is 16.9. The van der Waals surface area contributed by atoms with Crippen LogP contribution in [0.5, 0.6) is 11.5 Å². The minimum Gasteiger partial charge on any atom is -0.490 e. The summed E-state index contributed by atoms with van der Waals surface area (Å²) in [5, 5.41) is 3.65. The van der Waals surface area contributed by atoms with Gasteiger partial charge in [0.25, 0.3) is 0 Å². The zero-order valence-electron chi connectivity index (χ0n) is 14.9. The third kappa shape index (κ3) is 3.41. The molecule has 1 heterocycles. The van der Waals surface area contributed by atoms with Crippen LogP contribution < -0.4 is 14.8 Å². The lowest BCUT2D eigenvalue weighted by Crippen LogP contribution is -2.30. The molecule has 0 saturated carbocycles. The second-order valence-electron chi connectivity index (χ2n) is 6.10. The largest absolute Gasteiger partial charge is 0.490 e. The van der Waals surface area contributed by atoms with Gasteiger partial charge in [0.1, 0.15) is 0 Å². The first-order valence-corrected chi connectivity index (χ1v) is 9.01. The molecule has 24 heavy (non-hydrogen) atoms. The molecule has 0 spiro atoms. The highest BCUT2D eigenvalue weighted by atomic mass is 16.5. The summed E-state index contributed by atoms with van der Waals surface area (Å²) in [6.07, 6.45) is 2.09. The predicted octanol–water partition coefficient (Wildman–Crippen LogP) is 4.28. The Morgan fingerprint density at radius 2 is 1.62 bits per heavy atom. The molecular formula is C21H27NO2. The van der Waals surface area contributed by atoms with Crippen molar-refractivity contribution < 1.29 is 9.47 Å². The summed E-state index contributed by atoms with van der Waals surface area (Å²) in [6, 6.07) is 13.5. The van der Waals surface area contributed by atoms with Crippen LogP contribution in [0.4, 0.5) is 0 Å². The van der Waals surface area contributed by atoms with Gasteiger partial charge in [-0.3, -0.25) is 0 Å². The maximum atomic E-state index is 5.82. The van der Waals surface area contributed by atoms with E-state index >= 15 is 0 Å². The maximum Gasteiger partial charge on any atom is 0.161 e. The molecule has 1 atom stereocenters. The first kappa shape index (κ1) is 16.8. The van der Waals surface area contributed by atoms with E-state index in [-0.39, 0.29) is 6.04 Å². The average molecular weight is 325 g/mol. The lowest BCUT2D eigenvalue weighted by atomic mass is 9.89. The Bertz CT molecular complexity index is 679. The number of benzene rings is 2. The van der Waals surface area contributed by atoms with Crippen molar-refractivity contribution in [3.8, 4) is 11.5 Å². The average Bonchev–Trinajstić information content (AvgIpc) is 2.62. The van der Waals surface area contributed by atoms with E-state index in [4.69, 9.17) is 9.47 Å².